The van der Waals surface area contributed by atoms with Crippen LogP contribution in [0.2, 0.25) is 0 Å². The molecule has 1 heterocycles. The molecule has 19 heavy (non-hydrogen) atoms. The van der Waals surface area contributed by atoms with Crippen molar-refractivity contribution in [1.29, 1.82) is 0 Å². The Morgan fingerprint density at radius 2 is 2.11 bits per heavy atom. The number of fused-ring (bicyclic) bond motifs is 1. The van der Waals surface area contributed by atoms with Crippen molar-refractivity contribution in [3.63, 3.8) is 0 Å². The predicted octanol–water partition coefficient (Wildman–Crippen LogP) is 2.70. The molecule has 1 aromatic carbocycles. The van der Waals surface area contributed by atoms with Crippen LogP contribution in [-0.4, -0.2) is 26.9 Å². The van der Waals surface area contributed by atoms with Crippen molar-refractivity contribution < 1.29 is 13.9 Å². The van der Waals surface area contributed by atoms with Gasteiger partial charge in [0.25, 0.3) is 0 Å². The first-order valence-corrected chi connectivity index (χ1v) is 6.50. The minimum absolute atomic E-state index is 0.0562. The van der Waals surface area contributed by atoms with Crippen LogP contribution in [0, 0.1) is 0 Å². The van der Waals surface area contributed by atoms with Gasteiger partial charge in [0.1, 0.15) is 18.0 Å². The summed E-state index contributed by atoms with van der Waals surface area (Å²) in [5, 5.41) is 4.32. The first-order valence-electron chi connectivity index (χ1n) is 6.50. The highest BCUT2D eigenvalue weighted by molar-refractivity contribution is 5.82. The van der Waals surface area contributed by atoms with Gasteiger partial charge in [-0.05, 0) is 20.0 Å². The van der Waals surface area contributed by atoms with Crippen molar-refractivity contribution in [2.45, 2.75) is 26.2 Å². The normalized spacial score (nSPS) is 13.0. The molecule has 0 amide bonds. The molecule has 1 aromatic heterocycles. The van der Waals surface area contributed by atoms with Crippen LogP contribution < -0.4 is 5.32 Å². The summed E-state index contributed by atoms with van der Waals surface area (Å²) in [5.74, 6) is 0.888. The summed E-state index contributed by atoms with van der Waals surface area (Å²) in [4.78, 5) is 0. The summed E-state index contributed by atoms with van der Waals surface area (Å²) in [6.45, 7) is 3.82. The molecule has 0 aliphatic rings. The lowest BCUT2D eigenvalue weighted by Gasteiger charge is -2.11. The molecule has 2 rings (SSSR count). The number of rotatable bonds is 7. The minimum atomic E-state index is 0.0562. The van der Waals surface area contributed by atoms with Crippen LogP contribution in [0.5, 0.6) is 0 Å². The van der Waals surface area contributed by atoms with E-state index in [1.807, 2.05) is 32.2 Å². The van der Waals surface area contributed by atoms with Crippen molar-refractivity contribution in [2.75, 3.05) is 20.8 Å². The molecule has 0 radical (unpaired) electrons. The standard InChI is InChI=1S/C15H21NO3/c1-11(9-17-3)18-10-15-13(8-16-2)12-6-4-5-7-14(12)19-15/h4-7,11,16H,8-10H2,1-3H3. The second-order valence-electron chi connectivity index (χ2n) is 4.61. The van der Waals surface area contributed by atoms with Crippen LogP contribution >= 0.6 is 0 Å². The number of benzene rings is 1. The van der Waals surface area contributed by atoms with E-state index in [0.717, 1.165) is 23.3 Å². The summed E-state index contributed by atoms with van der Waals surface area (Å²) in [6, 6.07) is 8.06. The third kappa shape index (κ3) is 3.35. The van der Waals surface area contributed by atoms with E-state index < -0.39 is 0 Å². The molecule has 4 heteroatoms. The summed E-state index contributed by atoms with van der Waals surface area (Å²) >= 11 is 0. The molecule has 0 fully saturated rings. The molecular weight excluding hydrogens is 242 g/mol. The van der Waals surface area contributed by atoms with Crippen LogP contribution in [0.25, 0.3) is 11.0 Å². The quantitative estimate of drug-likeness (QED) is 0.834. The maximum atomic E-state index is 5.87. The van der Waals surface area contributed by atoms with Gasteiger partial charge in [0.05, 0.1) is 12.7 Å². The van der Waals surface area contributed by atoms with Gasteiger partial charge >= 0.3 is 0 Å². The van der Waals surface area contributed by atoms with Gasteiger partial charge in [0, 0.05) is 24.6 Å². The molecular formula is C15H21NO3. The lowest BCUT2D eigenvalue weighted by Crippen LogP contribution is -2.15. The van der Waals surface area contributed by atoms with Gasteiger partial charge in [-0.2, -0.15) is 0 Å². The van der Waals surface area contributed by atoms with E-state index in [0.29, 0.717) is 13.2 Å². The van der Waals surface area contributed by atoms with E-state index in [9.17, 15) is 0 Å². The molecule has 1 unspecified atom stereocenters. The zero-order valence-corrected chi connectivity index (χ0v) is 11.7. The maximum absolute atomic E-state index is 5.87. The Bertz CT molecular complexity index is 521. The van der Waals surface area contributed by atoms with Gasteiger partial charge in [-0.15, -0.1) is 0 Å². The topological polar surface area (TPSA) is 43.6 Å². The van der Waals surface area contributed by atoms with E-state index in [-0.39, 0.29) is 6.10 Å². The zero-order chi connectivity index (χ0) is 13.7. The lowest BCUT2D eigenvalue weighted by molar-refractivity contribution is -0.00627. The van der Waals surface area contributed by atoms with Gasteiger partial charge in [-0.25, -0.2) is 0 Å². The average molecular weight is 263 g/mol. The zero-order valence-electron chi connectivity index (χ0n) is 11.7. The highest BCUT2D eigenvalue weighted by Crippen LogP contribution is 2.26. The molecule has 0 saturated heterocycles. The average Bonchev–Trinajstić information content (AvgIpc) is 2.76. The molecule has 4 nitrogen and oxygen atoms in total. The Morgan fingerprint density at radius 3 is 2.84 bits per heavy atom. The molecule has 0 spiro atoms. The maximum Gasteiger partial charge on any atom is 0.135 e. The first kappa shape index (κ1) is 14.1. The fourth-order valence-electron chi connectivity index (χ4n) is 2.14. The second-order valence-corrected chi connectivity index (χ2v) is 4.61. The van der Waals surface area contributed by atoms with Crippen LogP contribution in [0.1, 0.15) is 18.2 Å². The van der Waals surface area contributed by atoms with E-state index in [1.54, 1.807) is 7.11 Å². The fourth-order valence-corrected chi connectivity index (χ4v) is 2.14. The van der Waals surface area contributed by atoms with Crippen molar-refractivity contribution in [2.24, 2.45) is 0 Å². The van der Waals surface area contributed by atoms with Gasteiger partial charge in [-0.1, -0.05) is 18.2 Å². The number of hydrogen-bond acceptors (Lipinski definition) is 4. The SMILES string of the molecule is CNCc1c(COC(C)COC)oc2ccccc12. The summed E-state index contributed by atoms with van der Waals surface area (Å²) in [6.07, 6.45) is 0.0562. The number of ether oxygens (including phenoxy) is 2. The molecule has 0 bridgehead atoms. The highest BCUT2D eigenvalue weighted by atomic mass is 16.5. The number of para-hydroxylation sites is 1. The number of hydrogen-bond donors (Lipinski definition) is 1. The number of nitrogens with one attached hydrogen (secondary N) is 1. The Kier molecular flexibility index (Phi) is 4.96. The largest absolute Gasteiger partial charge is 0.458 e. The van der Waals surface area contributed by atoms with E-state index in [2.05, 4.69) is 11.4 Å². The van der Waals surface area contributed by atoms with Crippen molar-refractivity contribution >= 4 is 11.0 Å². The molecule has 1 atom stereocenters. The van der Waals surface area contributed by atoms with Crippen LogP contribution in [-0.2, 0) is 22.6 Å². The van der Waals surface area contributed by atoms with Gasteiger partial charge in [-0.3, -0.25) is 0 Å². The Hall–Kier alpha value is -1.36. The fraction of sp³-hybridized carbons (Fsp3) is 0.467. The van der Waals surface area contributed by atoms with Crippen molar-refractivity contribution in [3.8, 4) is 0 Å². The third-order valence-electron chi connectivity index (χ3n) is 3.04. The Morgan fingerprint density at radius 1 is 1.32 bits per heavy atom. The number of methoxy groups -OCH3 is 1. The Balaban J connectivity index is 2.19. The molecule has 1 N–H and O–H groups in total. The van der Waals surface area contributed by atoms with E-state index in [4.69, 9.17) is 13.9 Å². The van der Waals surface area contributed by atoms with Gasteiger partial charge in [0.15, 0.2) is 0 Å². The van der Waals surface area contributed by atoms with E-state index >= 15 is 0 Å². The molecule has 104 valence electrons. The molecule has 0 aliphatic heterocycles. The van der Waals surface area contributed by atoms with Crippen LogP contribution in [0.3, 0.4) is 0 Å². The summed E-state index contributed by atoms with van der Waals surface area (Å²) < 4.78 is 16.7. The van der Waals surface area contributed by atoms with Gasteiger partial charge in [0.2, 0.25) is 0 Å². The minimum Gasteiger partial charge on any atom is -0.458 e. The lowest BCUT2D eigenvalue weighted by atomic mass is 10.1. The summed E-state index contributed by atoms with van der Waals surface area (Å²) in [7, 11) is 3.60. The third-order valence-corrected chi connectivity index (χ3v) is 3.04. The molecule has 2 aromatic rings. The van der Waals surface area contributed by atoms with Crippen molar-refractivity contribution in [1.82, 2.24) is 5.32 Å². The smallest absolute Gasteiger partial charge is 0.135 e. The van der Waals surface area contributed by atoms with Crippen molar-refractivity contribution in [3.05, 3.63) is 35.6 Å². The second kappa shape index (κ2) is 6.70. The van der Waals surface area contributed by atoms with Crippen LogP contribution in [0.15, 0.2) is 28.7 Å². The predicted molar refractivity (Wildman–Crippen MR) is 75.1 cm³/mol. The summed E-state index contributed by atoms with van der Waals surface area (Å²) in [5.41, 5.74) is 2.08. The Labute approximate surface area is 113 Å². The molecule has 0 aliphatic carbocycles. The molecule has 0 saturated carbocycles. The van der Waals surface area contributed by atoms with Gasteiger partial charge < -0.3 is 19.2 Å². The monoisotopic (exact) mass is 263 g/mol. The first-order chi connectivity index (χ1) is 9.26. The van der Waals surface area contributed by atoms with Crippen LogP contribution in [0.4, 0.5) is 0 Å². The number of furan rings is 1. The van der Waals surface area contributed by atoms with E-state index in [1.165, 1.54) is 5.56 Å². The highest BCUT2D eigenvalue weighted by Gasteiger charge is 2.14.